The number of benzene rings is 1. The number of anilines is 2. The van der Waals surface area contributed by atoms with Crippen molar-refractivity contribution < 1.29 is 19.0 Å². The van der Waals surface area contributed by atoms with Crippen molar-refractivity contribution in [2.75, 3.05) is 50.7 Å². The first-order chi connectivity index (χ1) is 16.9. The van der Waals surface area contributed by atoms with Crippen molar-refractivity contribution in [1.82, 2.24) is 9.47 Å². The molecular weight excluding hydrogens is 490 g/mol. The Morgan fingerprint density at radius 1 is 1.34 bits per heavy atom. The van der Waals surface area contributed by atoms with Gasteiger partial charge in [-0.2, -0.15) is 5.26 Å². The summed E-state index contributed by atoms with van der Waals surface area (Å²) in [7, 11) is 1.57. The topological polar surface area (TPSA) is 118 Å². The smallest absolute Gasteiger partial charge is 0.351 e. The van der Waals surface area contributed by atoms with E-state index in [0.29, 0.717) is 59.6 Å². The van der Waals surface area contributed by atoms with E-state index < -0.39 is 5.97 Å². The van der Waals surface area contributed by atoms with E-state index in [1.807, 2.05) is 17.0 Å². The molecule has 2 N–H and O–H groups in total. The molecule has 2 heterocycles. The number of hydrogen-bond acceptors (Lipinski definition) is 9. The maximum Gasteiger partial charge on any atom is 0.351 e. The molecule has 0 radical (unpaired) electrons. The van der Waals surface area contributed by atoms with E-state index >= 15 is 0 Å². The van der Waals surface area contributed by atoms with Crippen LogP contribution in [0.2, 0.25) is 0 Å². The average molecular weight is 518 g/mol. The summed E-state index contributed by atoms with van der Waals surface area (Å²) >= 11 is 6.59. The lowest BCUT2D eigenvalue weighted by atomic mass is 10.2. The van der Waals surface area contributed by atoms with Gasteiger partial charge in [-0.3, -0.25) is 9.36 Å². The van der Waals surface area contributed by atoms with Crippen LogP contribution in [0.25, 0.3) is 11.8 Å². The van der Waals surface area contributed by atoms with Crippen LogP contribution < -0.4 is 30.1 Å². The number of thiocarbonyl (C=S) groups is 1. The standard InChI is InChI=1S/C23H27N5O5S2/c1-4-28-20(29)19(35-21(28)16(13-24)22(30)33-5-2)14-25-15-6-7-18(31-3)17(12-15)26-23(34)27-8-10-32-11-9-27/h6-7,12,14,25H,4-5,8-11H2,1-3H3,(H,26,34)/b19-14?,21-16-. The fourth-order valence-electron chi connectivity index (χ4n) is 3.38. The first kappa shape index (κ1) is 26.2. The molecule has 1 aliphatic heterocycles. The summed E-state index contributed by atoms with van der Waals surface area (Å²) in [6.45, 7) is 6.52. The number of nitrogens with zero attached hydrogens (tertiary/aromatic N) is 3. The molecule has 0 amide bonds. The SMILES string of the molecule is CCOC(=O)/C(C#N)=c1\sc(=CNc2ccc(OC)c(NC(=S)N3CCOCC3)c2)c(=O)n1CC. The average Bonchev–Trinajstić information content (AvgIpc) is 3.18. The molecule has 2 aromatic rings. The molecule has 35 heavy (non-hydrogen) atoms. The van der Waals surface area contributed by atoms with Crippen LogP contribution in [0.15, 0.2) is 23.0 Å². The van der Waals surface area contributed by atoms with E-state index in [1.54, 1.807) is 39.3 Å². The lowest BCUT2D eigenvalue weighted by molar-refractivity contribution is -0.136. The predicted octanol–water partition coefficient (Wildman–Crippen LogP) is 1.05. The minimum absolute atomic E-state index is 0.134. The number of ether oxygens (including phenoxy) is 3. The minimum Gasteiger partial charge on any atom is -0.495 e. The molecule has 186 valence electrons. The number of nitrogens with one attached hydrogen (secondary N) is 2. The van der Waals surface area contributed by atoms with Crippen LogP contribution in [-0.4, -0.2) is 60.6 Å². The molecule has 0 bridgehead atoms. The summed E-state index contributed by atoms with van der Waals surface area (Å²) in [4.78, 5) is 27.1. The Labute approximate surface area is 212 Å². The molecule has 1 fully saturated rings. The van der Waals surface area contributed by atoms with Crippen molar-refractivity contribution in [3.05, 3.63) is 37.7 Å². The highest BCUT2D eigenvalue weighted by Crippen LogP contribution is 2.28. The Morgan fingerprint density at radius 2 is 2.09 bits per heavy atom. The molecule has 1 aromatic carbocycles. The Hall–Kier alpha value is -3.40. The number of methoxy groups -OCH3 is 1. The van der Waals surface area contributed by atoms with Gasteiger partial charge in [-0.05, 0) is 44.3 Å². The summed E-state index contributed by atoms with van der Waals surface area (Å²) in [6, 6.07) is 7.28. The van der Waals surface area contributed by atoms with Gasteiger partial charge in [-0.15, -0.1) is 11.3 Å². The second-order valence-corrected chi connectivity index (χ2v) is 8.68. The van der Waals surface area contributed by atoms with Crippen LogP contribution in [0, 0.1) is 11.3 Å². The molecular formula is C23H27N5O5S2. The van der Waals surface area contributed by atoms with Crippen LogP contribution in [0.3, 0.4) is 0 Å². The van der Waals surface area contributed by atoms with Gasteiger partial charge in [-0.25, -0.2) is 4.79 Å². The van der Waals surface area contributed by atoms with Crippen molar-refractivity contribution in [2.45, 2.75) is 20.4 Å². The van der Waals surface area contributed by atoms with Crippen molar-refractivity contribution in [1.29, 1.82) is 5.26 Å². The largest absolute Gasteiger partial charge is 0.495 e. The summed E-state index contributed by atoms with van der Waals surface area (Å²) in [5.41, 5.74) is 0.855. The zero-order valence-corrected chi connectivity index (χ0v) is 21.4. The Balaban J connectivity index is 1.92. The van der Waals surface area contributed by atoms with Gasteiger partial charge in [0.15, 0.2) is 10.7 Å². The quantitative estimate of drug-likeness (QED) is 0.408. The highest BCUT2D eigenvalue weighted by molar-refractivity contribution is 7.80. The van der Waals surface area contributed by atoms with Crippen LogP contribution in [0.1, 0.15) is 13.8 Å². The zero-order chi connectivity index (χ0) is 25.4. The molecule has 12 heteroatoms. The zero-order valence-electron chi connectivity index (χ0n) is 19.8. The van der Waals surface area contributed by atoms with Crippen molar-refractivity contribution >= 4 is 57.8 Å². The molecule has 1 aromatic heterocycles. The molecule has 1 saturated heterocycles. The van der Waals surface area contributed by atoms with E-state index in [9.17, 15) is 14.9 Å². The second kappa shape index (κ2) is 12.3. The molecule has 0 aliphatic carbocycles. The predicted molar refractivity (Wildman–Crippen MR) is 139 cm³/mol. The van der Waals surface area contributed by atoms with Gasteiger partial charge in [-0.1, -0.05) is 0 Å². The number of aromatic nitrogens is 1. The number of thiazole rings is 1. The third-order valence-electron chi connectivity index (χ3n) is 5.14. The van der Waals surface area contributed by atoms with Crippen molar-refractivity contribution in [3.63, 3.8) is 0 Å². The number of hydrogen-bond donors (Lipinski definition) is 2. The van der Waals surface area contributed by atoms with Crippen molar-refractivity contribution in [3.8, 4) is 11.8 Å². The van der Waals surface area contributed by atoms with Crippen LogP contribution in [0.4, 0.5) is 11.4 Å². The summed E-state index contributed by atoms with van der Waals surface area (Å²) in [5.74, 6) is -0.138. The fourth-order valence-corrected chi connectivity index (χ4v) is 4.75. The van der Waals surface area contributed by atoms with E-state index in [1.165, 1.54) is 4.57 Å². The van der Waals surface area contributed by atoms with Gasteiger partial charge in [0.25, 0.3) is 5.56 Å². The van der Waals surface area contributed by atoms with Crippen molar-refractivity contribution in [2.24, 2.45) is 0 Å². The molecule has 10 nitrogen and oxygen atoms in total. The number of nitriles is 1. The highest BCUT2D eigenvalue weighted by Gasteiger charge is 2.17. The molecule has 0 atom stereocenters. The first-order valence-electron chi connectivity index (χ1n) is 11.0. The van der Waals surface area contributed by atoms with Gasteiger partial charge in [0.1, 0.15) is 21.0 Å². The van der Waals surface area contributed by atoms with Crippen LogP contribution in [-0.2, 0) is 20.8 Å². The Morgan fingerprint density at radius 3 is 2.71 bits per heavy atom. The van der Waals surface area contributed by atoms with E-state index in [0.717, 1.165) is 11.3 Å². The number of carbonyl (C=O) groups excluding carboxylic acids is 1. The lowest BCUT2D eigenvalue weighted by Gasteiger charge is -2.29. The number of morpholine rings is 1. The number of rotatable bonds is 7. The van der Waals surface area contributed by atoms with Crippen LogP contribution >= 0.6 is 23.6 Å². The van der Waals surface area contributed by atoms with E-state index in [2.05, 4.69) is 10.6 Å². The molecule has 0 spiro atoms. The van der Waals surface area contributed by atoms with E-state index in [-0.39, 0.29) is 22.4 Å². The van der Waals surface area contributed by atoms with Gasteiger partial charge in [0.05, 0.1) is 32.6 Å². The monoisotopic (exact) mass is 517 g/mol. The molecule has 0 unspecified atom stereocenters. The summed E-state index contributed by atoms with van der Waals surface area (Å²) < 4.78 is 17.8. The normalized spacial score (nSPS) is 14.7. The fraction of sp³-hybridized carbons (Fsp3) is 0.391. The third kappa shape index (κ3) is 6.19. The van der Waals surface area contributed by atoms with Gasteiger partial charge < -0.3 is 29.7 Å². The number of carbonyl (C=O) groups is 1. The van der Waals surface area contributed by atoms with Gasteiger partial charge >= 0.3 is 5.97 Å². The minimum atomic E-state index is -0.750. The third-order valence-corrected chi connectivity index (χ3v) is 6.63. The highest BCUT2D eigenvalue weighted by atomic mass is 32.1. The second-order valence-electron chi connectivity index (χ2n) is 7.26. The maximum atomic E-state index is 12.9. The number of esters is 1. The van der Waals surface area contributed by atoms with E-state index in [4.69, 9.17) is 26.4 Å². The van der Waals surface area contributed by atoms with Gasteiger partial charge in [0, 0.05) is 31.5 Å². The van der Waals surface area contributed by atoms with Crippen LogP contribution in [0.5, 0.6) is 5.75 Å². The Bertz CT molecular complexity index is 1310. The molecule has 1 aliphatic rings. The Kier molecular flexibility index (Phi) is 9.25. The first-order valence-corrected chi connectivity index (χ1v) is 12.3. The summed E-state index contributed by atoms with van der Waals surface area (Å²) in [5, 5.41) is 16.4. The molecule has 0 saturated carbocycles. The molecule has 3 rings (SSSR count). The summed E-state index contributed by atoms with van der Waals surface area (Å²) in [6.07, 6.45) is 1.55. The van der Waals surface area contributed by atoms with Gasteiger partial charge in [0.2, 0.25) is 0 Å². The lowest BCUT2D eigenvalue weighted by Crippen LogP contribution is -2.42. The maximum absolute atomic E-state index is 12.9.